The summed E-state index contributed by atoms with van der Waals surface area (Å²) < 4.78 is 14.6. The number of nitrogens with one attached hydrogen (secondary N) is 1. The summed E-state index contributed by atoms with van der Waals surface area (Å²) in [5.74, 6) is -0.331. The second-order valence-electron chi connectivity index (χ2n) is 4.74. The van der Waals surface area contributed by atoms with E-state index in [0.717, 1.165) is 5.69 Å². The fraction of sp³-hybridized carbons (Fsp3) is 0.0625. The van der Waals surface area contributed by atoms with Gasteiger partial charge in [0, 0.05) is 25.0 Å². The molecule has 3 aromatic rings. The molecule has 0 aliphatic heterocycles. The van der Waals surface area contributed by atoms with Gasteiger partial charge in [0.15, 0.2) is 0 Å². The third kappa shape index (κ3) is 2.85. The van der Waals surface area contributed by atoms with E-state index < -0.39 is 0 Å². The number of aromatic nitrogens is 3. The maximum absolute atomic E-state index is 12.9. The van der Waals surface area contributed by atoms with Crippen molar-refractivity contribution in [3.05, 3.63) is 66.2 Å². The number of rotatable bonds is 3. The molecule has 1 amide bonds. The lowest BCUT2D eigenvalue weighted by Crippen LogP contribution is -2.14. The molecule has 0 aliphatic carbocycles. The largest absolute Gasteiger partial charge is 0.320 e. The lowest BCUT2D eigenvalue weighted by atomic mass is 10.2. The Hall–Kier alpha value is -3.02. The van der Waals surface area contributed by atoms with Crippen molar-refractivity contribution in [2.24, 2.45) is 7.05 Å². The summed E-state index contributed by atoms with van der Waals surface area (Å²) in [7, 11) is 1.78. The number of hydrogen-bond acceptors (Lipinski definition) is 3. The number of amides is 1. The van der Waals surface area contributed by atoms with Crippen LogP contribution >= 0.6 is 0 Å². The van der Waals surface area contributed by atoms with Gasteiger partial charge in [0.1, 0.15) is 11.5 Å². The van der Waals surface area contributed by atoms with E-state index in [2.05, 4.69) is 15.3 Å². The zero-order valence-electron chi connectivity index (χ0n) is 11.8. The lowest BCUT2D eigenvalue weighted by Gasteiger charge is -2.04. The predicted octanol–water partition coefficient (Wildman–Crippen LogP) is 2.87. The van der Waals surface area contributed by atoms with E-state index in [9.17, 15) is 9.18 Å². The molecule has 1 aromatic carbocycles. The van der Waals surface area contributed by atoms with E-state index in [4.69, 9.17) is 0 Å². The standard InChI is InChI=1S/C16H13FN4O/c1-21-10-14(13-4-2-3-9-18-13)19-16(21)20-15(22)11-5-7-12(17)8-6-11/h2-10H,1H3,(H,19,20,22). The molecule has 2 aromatic heterocycles. The van der Waals surface area contributed by atoms with E-state index >= 15 is 0 Å². The number of aryl methyl sites for hydroxylation is 1. The molecular weight excluding hydrogens is 283 g/mol. The van der Waals surface area contributed by atoms with Crippen LogP contribution in [0.15, 0.2) is 54.9 Å². The van der Waals surface area contributed by atoms with Crippen molar-refractivity contribution in [3.8, 4) is 11.4 Å². The van der Waals surface area contributed by atoms with Crippen LogP contribution in [0.25, 0.3) is 11.4 Å². The topological polar surface area (TPSA) is 59.8 Å². The summed E-state index contributed by atoms with van der Waals surface area (Å²) in [5, 5.41) is 2.70. The van der Waals surface area contributed by atoms with Crippen LogP contribution in [0.2, 0.25) is 0 Å². The molecule has 2 heterocycles. The Labute approximate surface area is 126 Å². The van der Waals surface area contributed by atoms with Gasteiger partial charge in [-0.3, -0.25) is 15.1 Å². The van der Waals surface area contributed by atoms with E-state index in [-0.39, 0.29) is 11.7 Å². The van der Waals surface area contributed by atoms with Gasteiger partial charge < -0.3 is 4.57 Å². The highest BCUT2D eigenvalue weighted by molar-refractivity contribution is 6.03. The average Bonchev–Trinajstić information content (AvgIpc) is 2.90. The number of imidazole rings is 1. The number of halogens is 1. The fourth-order valence-corrected chi connectivity index (χ4v) is 2.00. The molecule has 3 rings (SSSR count). The minimum atomic E-state index is -0.383. The van der Waals surface area contributed by atoms with E-state index in [1.807, 2.05) is 18.2 Å². The van der Waals surface area contributed by atoms with Crippen molar-refractivity contribution in [1.29, 1.82) is 0 Å². The zero-order valence-corrected chi connectivity index (χ0v) is 11.8. The predicted molar refractivity (Wildman–Crippen MR) is 80.8 cm³/mol. The first-order valence-corrected chi connectivity index (χ1v) is 6.65. The summed E-state index contributed by atoms with van der Waals surface area (Å²) in [6, 6.07) is 10.9. The molecule has 0 bridgehead atoms. The van der Waals surface area contributed by atoms with Crippen molar-refractivity contribution >= 4 is 11.9 Å². The minimum absolute atomic E-state index is 0.346. The first kappa shape index (κ1) is 13.9. The van der Waals surface area contributed by atoms with Crippen molar-refractivity contribution in [3.63, 3.8) is 0 Å². The average molecular weight is 296 g/mol. The number of benzene rings is 1. The van der Waals surface area contributed by atoms with Crippen LogP contribution in [-0.4, -0.2) is 20.4 Å². The van der Waals surface area contributed by atoms with Crippen molar-refractivity contribution in [2.45, 2.75) is 0 Å². The van der Waals surface area contributed by atoms with Gasteiger partial charge in [0.25, 0.3) is 5.91 Å². The number of nitrogens with zero attached hydrogens (tertiary/aromatic N) is 3. The monoisotopic (exact) mass is 296 g/mol. The molecule has 0 atom stereocenters. The maximum Gasteiger partial charge on any atom is 0.257 e. The maximum atomic E-state index is 12.9. The third-order valence-corrected chi connectivity index (χ3v) is 3.14. The Bertz CT molecular complexity index is 797. The summed E-state index contributed by atoms with van der Waals surface area (Å²) in [4.78, 5) is 20.7. The number of anilines is 1. The molecule has 6 heteroatoms. The Morgan fingerprint density at radius 3 is 2.59 bits per heavy atom. The van der Waals surface area contributed by atoms with E-state index in [1.165, 1.54) is 24.3 Å². The molecule has 1 N–H and O–H groups in total. The molecule has 0 radical (unpaired) electrons. The van der Waals surface area contributed by atoms with Crippen molar-refractivity contribution in [2.75, 3.05) is 5.32 Å². The van der Waals surface area contributed by atoms with Crippen LogP contribution in [0.5, 0.6) is 0 Å². The minimum Gasteiger partial charge on any atom is -0.320 e. The zero-order chi connectivity index (χ0) is 15.5. The van der Waals surface area contributed by atoms with Crippen LogP contribution in [0.4, 0.5) is 10.3 Å². The van der Waals surface area contributed by atoms with Gasteiger partial charge in [0.2, 0.25) is 5.95 Å². The molecule has 110 valence electrons. The van der Waals surface area contributed by atoms with Gasteiger partial charge in [-0.2, -0.15) is 0 Å². The SMILES string of the molecule is Cn1cc(-c2ccccn2)nc1NC(=O)c1ccc(F)cc1. The van der Waals surface area contributed by atoms with Crippen LogP contribution < -0.4 is 5.32 Å². The summed E-state index contributed by atoms with van der Waals surface area (Å²) in [6.45, 7) is 0. The van der Waals surface area contributed by atoms with E-state index in [0.29, 0.717) is 17.2 Å². The number of pyridine rings is 1. The normalized spacial score (nSPS) is 10.5. The molecule has 0 spiro atoms. The second kappa shape index (κ2) is 5.77. The summed E-state index contributed by atoms with van der Waals surface area (Å²) in [6.07, 6.45) is 3.46. The van der Waals surface area contributed by atoms with Crippen LogP contribution in [0.3, 0.4) is 0 Å². The fourth-order valence-electron chi connectivity index (χ4n) is 2.00. The van der Waals surface area contributed by atoms with Gasteiger partial charge in [0.05, 0.1) is 5.69 Å². The van der Waals surface area contributed by atoms with Crippen LogP contribution in [0.1, 0.15) is 10.4 Å². The van der Waals surface area contributed by atoms with Gasteiger partial charge in [-0.25, -0.2) is 9.37 Å². The first-order chi connectivity index (χ1) is 10.6. The second-order valence-corrected chi connectivity index (χ2v) is 4.74. The highest BCUT2D eigenvalue weighted by Crippen LogP contribution is 2.18. The molecule has 0 saturated carbocycles. The Kier molecular flexibility index (Phi) is 3.65. The number of hydrogen-bond donors (Lipinski definition) is 1. The third-order valence-electron chi connectivity index (χ3n) is 3.14. The molecule has 0 saturated heterocycles. The van der Waals surface area contributed by atoms with Crippen LogP contribution in [-0.2, 0) is 7.05 Å². The highest BCUT2D eigenvalue weighted by atomic mass is 19.1. The quantitative estimate of drug-likeness (QED) is 0.808. The molecule has 0 fully saturated rings. The first-order valence-electron chi connectivity index (χ1n) is 6.65. The van der Waals surface area contributed by atoms with Gasteiger partial charge in [-0.1, -0.05) is 6.07 Å². The highest BCUT2D eigenvalue weighted by Gasteiger charge is 2.12. The molecular formula is C16H13FN4O. The van der Waals surface area contributed by atoms with Crippen LogP contribution in [0, 0.1) is 5.82 Å². The number of carbonyl (C=O) groups is 1. The van der Waals surface area contributed by atoms with Crippen molar-refractivity contribution in [1.82, 2.24) is 14.5 Å². The number of carbonyl (C=O) groups excluding carboxylic acids is 1. The lowest BCUT2D eigenvalue weighted by molar-refractivity contribution is 0.102. The van der Waals surface area contributed by atoms with E-state index in [1.54, 1.807) is 24.0 Å². The van der Waals surface area contributed by atoms with Gasteiger partial charge >= 0.3 is 0 Å². The van der Waals surface area contributed by atoms with Gasteiger partial charge in [-0.15, -0.1) is 0 Å². The molecule has 0 aliphatic rings. The molecule has 0 unspecified atom stereocenters. The molecule has 22 heavy (non-hydrogen) atoms. The van der Waals surface area contributed by atoms with Crippen molar-refractivity contribution < 1.29 is 9.18 Å². The summed E-state index contributed by atoms with van der Waals surface area (Å²) >= 11 is 0. The van der Waals surface area contributed by atoms with Gasteiger partial charge in [-0.05, 0) is 36.4 Å². The smallest absolute Gasteiger partial charge is 0.257 e. The Morgan fingerprint density at radius 1 is 1.14 bits per heavy atom. The Balaban J connectivity index is 1.82. The molecule has 5 nitrogen and oxygen atoms in total. The Morgan fingerprint density at radius 2 is 1.91 bits per heavy atom. The summed E-state index contributed by atoms with van der Waals surface area (Å²) in [5.41, 5.74) is 1.75.